The lowest BCUT2D eigenvalue weighted by Crippen LogP contribution is -2.36. The van der Waals surface area contributed by atoms with E-state index in [2.05, 4.69) is 37.4 Å². The van der Waals surface area contributed by atoms with Crippen molar-refractivity contribution in [2.75, 3.05) is 6.61 Å². The summed E-state index contributed by atoms with van der Waals surface area (Å²) in [7, 11) is 0. The molecule has 0 aromatic heterocycles. The molecule has 1 amide bonds. The maximum Gasteiger partial charge on any atom is 0.224 e. The van der Waals surface area contributed by atoms with E-state index in [1.807, 2.05) is 43.3 Å². The van der Waals surface area contributed by atoms with Gasteiger partial charge in [-0.2, -0.15) is 0 Å². The summed E-state index contributed by atoms with van der Waals surface area (Å²) in [6, 6.07) is 17.6. The molecule has 3 atom stereocenters. The van der Waals surface area contributed by atoms with Crippen LogP contribution in [0.1, 0.15) is 48.9 Å². The molecule has 0 fully saturated rings. The van der Waals surface area contributed by atoms with Gasteiger partial charge in [-0.3, -0.25) is 4.79 Å². The maximum absolute atomic E-state index is 12.7. The van der Waals surface area contributed by atoms with Crippen LogP contribution in [0, 0.1) is 12.8 Å². The molecular weight excluding hydrogens is 298 g/mol. The number of amides is 1. The summed E-state index contributed by atoms with van der Waals surface area (Å²) in [5.74, 6) is -0.0131. The molecule has 3 nitrogen and oxygen atoms in total. The highest BCUT2D eigenvalue weighted by Crippen LogP contribution is 2.29. The second-order valence-corrected chi connectivity index (χ2v) is 6.37. The maximum atomic E-state index is 12.7. The van der Waals surface area contributed by atoms with Gasteiger partial charge in [-0.15, -0.1) is 0 Å². The summed E-state index contributed by atoms with van der Waals surface area (Å²) in [4.78, 5) is 12.7. The zero-order chi connectivity index (χ0) is 17.5. The van der Waals surface area contributed by atoms with Gasteiger partial charge in [0, 0.05) is 5.92 Å². The van der Waals surface area contributed by atoms with Crippen molar-refractivity contribution in [3.8, 4) is 0 Å². The fourth-order valence-corrected chi connectivity index (χ4v) is 3.18. The van der Waals surface area contributed by atoms with Crippen LogP contribution in [0.2, 0.25) is 0 Å². The molecule has 0 heterocycles. The van der Waals surface area contributed by atoms with Crippen LogP contribution in [0.5, 0.6) is 0 Å². The Kier molecular flexibility index (Phi) is 6.56. The zero-order valence-electron chi connectivity index (χ0n) is 14.7. The molecule has 0 unspecified atom stereocenters. The lowest BCUT2D eigenvalue weighted by molar-refractivity contribution is -0.126. The zero-order valence-corrected chi connectivity index (χ0v) is 14.7. The van der Waals surface area contributed by atoms with Crippen molar-refractivity contribution in [1.29, 1.82) is 0 Å². The number of aryl methyl sites for hydroxylation is 1. The second-order valence-electron chi connectivity index (χ2n) is 6.37. The Bertz CT molecular complexity index is 654. The molecule has 0 bridgehead atoms. The highest BCUT2D eigenvalue weighted by atomic mass is 16.3. The summed E-state index contributed by atoms with van der Waals surface area (Å²) in [5.41, 5.74) is 3.32. The quantitative estimate of drug-likeness (QED) is 0.809. The molecule has 0 aliphatic rings. The van der Waals surface area contributed by atoms with Crippen molar-refractivity contribution in [3.05, 3.63) is 71.3 Å². The molecule has 0 saturated carbocycles. The van der Waals surface area contributed by atoms with Gasteiger partial charge in [-0.05, 0) is 30.4 Å². The van der Waals surface area contributed by atoms with Gasteiger partial charge in [0.15, 0.2) is 0 Å². The molecule has 2 N–H and O–H groups in total. The first-order chi connectivity index (χ1) is 11.6. The van der Waals surface area contributed by atoms with Crippen molar-refractivity contribution < 1.29 is 9.90 Å². The topological polar surface area (TPSA) is 49.3 Å². The third-order valence-corrected chi connectivity index (χ3v) is 4.63. The monoisotopic (exact) mass is 325 g/mol. The molecule has 24 heavy (non-hydrogen) atoms. The molecule has 2 aromatic rings. The summed E-state index contributed by atoms with van der Waals surface area (Å²) in [5, 5.41) is 12.6. The summed E-state index contributed by atoms with van der Waals surface area (Å²) in [6.07, 6.45) is 0.896. The molecular formula is C21H27NO2. The Morgan fingerprint density at radius 1 is 1.08 bits per heavy atom. The van der Waals surface area contributed by atoms with Crippen LogP contribution in [-0.4, -0.2) is 17.6 Å². The first-order valence-corrected chi connectivity index (χ1v) is 8.59. The number of nitrogens with one attached hydrogen (secondary N) is 1. The number of carbonyl (C=O) groups excluding carboxylic acids is 1. The molecule has 2 rings (SSSR count). The third-order valence-electron chi connectivity index (χ3n) is 4.63. The Labute approximate surface area is 144 Å². The van der Waals surface area contributed by atoms with Crippen molar-refractivity contribution in [2.24, 2.45) is 5.92 Å². The highest BCUT2D eigenvalue weighted by molar-refractivity contribution is 5.79. The predicted octanol–water partition coefficient (Wildman–Crippen LogP) is 3.97. The highest BCUT2D eigenvalue weighted by Gasteiger charge is 2.26. The van der Waals surface area contributed by atoms with Crippen molar-refractivity contribution in [1.82, 2.24) is 5.32 Å². The van der Waals surface area contributed by atoms with E-state index in [1.165, 1.54) is 11.1 Å². The second kappa shape index (κ2) is 8.65. The van der Waals surface area contributed by atoms with E-state index in [0.29, 0.717) is 0 Å². The molecule has 3 heteroatoms. The van der Waals surface area contributed by atoms with Crippen molar-refractivity contribution in [2.45, 2.75) is 39.2 Å². The molecule has 2 aromatic carbocycles. The fraction of sp³-hybridized carbons (Fsp3) is 0.381. The van der Waals surface area contributed by atoms with E-state index in [0.717, 1.165) is 12.0 Å². The molecule has 128 valence electrons. The van der Waals surface area contributed by atoms with E-state index in [4.69, 9.17) is 0 Å². The average Bonchev–Trinajstić information content (AvgIpc) is 2.60. The van der Waals surface area contributed by atoms with E-state index < -0.39 is 0 Å². The van der Waals surface area contributed by atoms with E-state index in [1.54, 1.807) is 0 Å². The van der Waals surface area contributed by atoms with Gasteiger partial charge in [0.05, 0.1) is 12.6 Å². The fourth-order valence-electron chi connectivity index (χ4n) is 3.18. The smallest absolute Gasteiger partial charge is 0.224 e. The molecule has 0 spiro atoms. The largest absolute Gasteiger partial charge is 0.394 e. The lowest BCUT2D eigenvalue weighted by Gasteiger charge is -2.25. The van der Waals surface area contributed by atoms with E-state index >= 15 is 0 Å². The van der Waals surface area contributed by atoms with Crippen molar-refractivity contribution in [3.63, 3.8) is 0 Å². The van der Waals surface area contributed by atoms with Crippen molar-refractivity contribution >= 4 is 5.91 Å². The normalized spacial score (nSPS) is 14.7. The summed E-state index contributed by atoms with van der Waals surface area (Å²) in [6.45, 7) is 6.03. The lowest BCUT2D eigenvalue weighted by atomic mass is 9.84. The van der Waals surface area contributed by atoms with Gasteiger partial charge in [0.25, 0.3) is 0 Å². The van der Waals surface area contributed by atoms with Crippen LogP contribution >= 0.6 is 0 Å². The standard InChI is InChI=1S/C21H27NO2/c1-4-19(18-12-8-9-15(2)13-18)16(3)21(24)22-20(14-23)17-10-6-5-7-11-17/h5-13,16,19-20,23H,4,14H2,1-3H3,(H,22,24)/t16-,19-,20+/m1/s1. The number of hydrogen-bond donors (Lipinski definition) is 2. The third kappa shape index (κ3) is 4.45. The number of benzene rings is 2. The number of hydrogen-bond acceptors (Lipinski definition) is 2. The number of carbonyl (C=O) groups is 1. The Balaban J connectivity index is 2.12. The van der Waals surface area contributed by atoms with E-state index in [9.17, 15) is 9.90 Å². The first-order valence-electron chi connectivity index (χ1n) is 8.59. The first kappa shape index (κ1) is 18.2. The van der Waals surface area contributed by atoms with Crippen LogP contribution in [0.25, 0.3) is 0 Å². The molecule has 0 radical (unpaired) electrons. The Hall–Kier alpha value is -2.13. The predicted molar refractivity (Wildman–Crippen MR) is 97.8 cm³/mol. The van der Waals surface area contributed by atoms with Crippen LogP contribution in [0.4, 0.5) is 0 Å². The average molecular weight is 325 g/mol. The van der Waals surface area contributed by atoms with Gasteiger partial charge in [-0.1, -0.05) is 74.0 Å². The summed E-state index contributed by atoms with van der Waals surface area (Å²) >= 11 is 0. The van der Waals surface area contributed by atoms with Crippen LogP contribution in [0.3, 0.4) is 0 Å². The number of aliphatic hydroxyl groups excluding tert-OH is 1. The molecule has 0 aliphatic heterocycles. The molecule has 0 saturated heterocycles. The van der Waals surface area contributed by atoms with Gasteiger partial charge < -0.3 is 10.4 Å². The minimum atomic E-state index is -0.365. The minimum Gasteiger partial charge on any atom is -0.394 e. The SMILES string of the molecule is CC[C@@H](c1cccc(C)c1)[C@@H](C)C(=O)N[C@@H](CO)c1ccccc1. The van der Waals surface area contributed by atoms with Gasteiger partial charge >= 0.3 is 0 Å². The minimum absolute atomic E-state index is 0.0220. The van der Waals surface area contributed by atoms with Gasteiger partial charge in [-0.25, -0.2) is 0 Å². The number of rotatable bonds is 7. The van der Waals surface area contributed by atoms with Gasteiger partial charge in [0.1, 0.15) is 0 Å². The Morgan fingerprint density at radius 3 is 2.33 bits per heavy atom. The number of aliphatic hydroxyl groups is 1. The molecule has 0 aliphatic carbocycles. The van der Waals surface area contributed by atoms with Crippen LogP contribution in [0.15, 0.2) is 54.6 Å². The van der Waals surface area contributed by atoms with Crippen LogP contribution in [-0.2, 0) is 4.79 Å². The Morgan fingerprint density at radius 2 is 1.75 bits per heavy atom. The van der Waals surface area contributed by atoms with Gasteiger partial charge in [0.2, 0.25) is 5.91 Å². The van der Waals surface area contributed by atoms with Crippen LogP contribution < -0.4 is 5.32 Å². The van der Waals surface area contributed by atoms with E-state index in [-0.39, 0.29) is 30.4 Å². The summed E-state index contributed by atoms with van der Waals surface area (Å²) < 4.78 is 0.